The average Bonchev–Trinajstić information content (AvgIpc) is 3.51. The summed E-state index contributed by atoms with van der Waals surface area (Å²) >= 11 is -0.894. The predicted molar refractivity (Wildman–Crippen MR) is 189 cm³/mol. The standard InChI is InChI=1S/C42H46Si.Zr/c1-7-9-13-31-19-23-33(24-20-31)37-17-11-15-35-27-29(3)41(39(35)37)43(5,6)42-30(4)28-36-16-12-18-38(40(36)42)34-25-21-32(22-26-34)14-10-8-2;/h11-12,15-28H,7-10,13-14H2,1-6H3;. The predicted octanol–water partition coefficient (Wildman–Crippen LogP) is 11.9. The molecule has 222 valence electrons. The van der Waals surface area contributed by atoms with Crippen molar-refractivity contribution < 1.29 is 23.2 Å². The zero-order valence-corrected chi connectivity index (χ0v) is 30.9. The first-order chi connectivity index (χ1) is 21.3. The molecule has 1 aliphatic heterocycles. The first kappa shape index (κ1) is 30.1. The molecule has 0 N–H and O–H groups in total. The van der Waals surface area contributed by atoms with Gasteiger partial charge in [-0.1, -0.05) is 0 Å². The number of aryl methyl sites for hydroxylation is 2. The van der Waals surface area contributed by atoms with Crippen molar-refractivity contribution in [1.82, 2.24) is 0 Å². The Hall–Kier alpha value is -2.54. The number of hydrogen-bond donors (Lipinski definition) is 0. The molecule has 2 aliphatic carbocycles. The van der Waals surface area contributed by atoms with Gasteiger partial charge in [-0.2, -0.15) is 0 Å². The molecular weight excluding hydrogens is 624 g/mol. The van der Waals surface area contributed by atoms with Crippen LogP contribution in [0.1, 0.15) is 94.0 Å². The fraction of sp³-hybridized carbons (Fsp3) is 0.333. The van der Waals surface area contributed by atoms with E-state index in [0.29, 0.717) is 7.25 Å². The summed E-state index contributed by atoms with van der Waals surface area (Å²) in [7, 11) is -2.08. The Labute approximate surface area is 278 Å². The monoisotopic (exact) mass is 668 g/mol. The molecule has 3 aliphatic rings. The fourth-order valence-corrected chi connectivity index (χ4v) is 18.5. The quantitative estimate of drug-likeness (QED) is 0.164. The third-order valence-electron chi connectivity index (χ3n) is 10.7. The molecule has 2 unspecified atom stereocenters. The Balaban J connectivity index is 1.36. The average molecular weight is 670 g/mol. The van der Waals surface area contributed by atoms with Crippen LogP contribution >= 0.6 is 0 Å². The Kier molecular flexibility index (Phi) is 8.22. The first-order valence-electron chi connectivity index (χ1n) is 17.0. The van der Waals surface area contributed by atoms with E-state index in [1.54, 1.807) is 43.8 Å². The molecule has 0 spiro atoms. The molecule has 1 heterocycles. The van der Waals surface area contributed by atoms with E-state index < -0.39 is 31.3 Å². The van der Waals surface area contributed by atoms with Gasteiger partial charge in [-0.25, -0.2) is 0 Å². The van der Waals surface area contributed by atoms with Crippen LogP contribution in [0.4, 0.5) is 0 Å². The molecule has 4 bridgehead atoms. The minimum absolute atomic E-state index is 0.660. The van der Waals surface area contributed by atoms with Crippen LogP contribution in [-0.4, -0.2) is 8.07 Å². The van der Waals surface area contributed by atoms with Crippen molar-refractivity contribution in [3.8, 4) is 22.3 Å². The van der Waals surface area contributed by atoms with Crippen molar-refractivity contribution in [3.63, 3.8) is 0 Å². The van der Waals surface area contributed by atoms with Gasteiger partial charge in [0.05, 0.1) is 0 Å². The van der Waals surface area contributed by atoms with Crippen molar-refractivity contribution >= 4 is 18.5 Å². The fourth-order valence-electron chi connectivity index (χ4n) is 8.61. The summed E-state index contributed by atoms with van der Waals surface area (Å²) in [5.41, 5.74) is 18.6. The number of fused-ring (bicyclic) bond motifs is 8. The van der Waals surface area contributed by atoms with E-state index in [9.17, 15) is 0 Å². The number of hydrogen-bond acceptors (Lipinski definition) is 0. The van der Waals surface area contributed by atoms with Crippen molar-refractivity contribution in [2.24, 2.45) is 0 Å². The minimum atomic E-state index is -2.08. The summed E-state index contributed by atoms with van der Waals surface area (Å²) in [6.45, 7) is 15.0. The summed E-state index contributed by atoms with van der Waals surface area (Å²) in [6, 6.07) is 33.7. The molecular formula is C42H46SiZr. The molecule has 44 heavy (non-hydrogen) atoms. The molecule has 7 rings (SSSR count). The van der Waals surface area contributed by atoms with Gasteiger partial charge in [-0.15, -0.1) is 0 Å². The van der Waals surface area contributed by atoms with Crippen molar-refractivity contribution in [2.45, 2.75) is 86.6 Å². The second-order valence-corrected chi connectivity index (χ2v) is 21.8. The zero-order chi connectivity index (χ0) is 30.6. The molecule has 0 radical (unpaired) electrons. The molecule has 0 aromatic heterocycles. The van der Waals surface area contributed by atoms with Crippen molar-refractivity contribution in [2.75, 3.05) is 0 Å². The maximum absolute atomic E-state index is 2.68. The molecule has 4 aromatic carbocycles. The summed E-state index contributed by atoms with van der Waals surface area (Å²) in [6.07, 6.45) is 7.39. The van der Waals surface area contributed by atoms with Gasteiger partial charge in [0.2, 0.25) is 0 Å². The van der Waals surface area contributed by atoms with E-state index in [4.69, 9.17) is 0 Å². The maximum atomic E-state index is 2.68. The summed E-state index contributed by atoms with van der Waals surface area (Å²) in [5.74, 6) is 0. The van der Waals surface area contributed by atoms with Gasteiger partial charge in [0.1, 0.15) is 0 Å². The van der Waals surface area contributed by atoms with E-state index >= 15 is 0 Å². The summed E-state index contributed by atoms with van der Waals surface area (Å²) < 4.78 is 1.32. The van der Waals surface area contributed by atoms with Crippen LogP contribution in [0.5, 0.6) is 0 Å². The zero-order valence-electron chi connectivity index (χ0n) is 27.5. The molecule has 0 fully saturated rings. The summed E-state index contributed by atoms with van der Waals surface area (Å²) in [5, 5.41) is 3.49. The third kappa shape index (κ3) is 4.87. The van der Waals surface area contributed by atoms with E-state index in [1.807, 2.05) is 0 Å². The topological polar surface area (TPSA) is 0 Å². The molecule has 2 atom stereocenters. The third-order valence-corrected chi connectivity index (χ3v) is 19.8. The van der Waals surface area contributed by atoms with Crippen molar-refractivity contribution in [1.29, 1.82) is 0 Å². The number of benzene rings is 4. The number of unbranched alkanes of at least 4 members (excludes halogenated alkanes) is 2. The van der Waals surface area contributed by atoms with Crippen LogP contribution in [-0.2, 0) is 36.1 Å². The number of rotatable bonds is 8. The second kappa shape index (κ2) is 12.0. The van der Waals surface area contributed by atoms with Gasteiger partial charge in [-0.05, 0) is 0 Å². The molecule has 2 heteroatoms. The Bertz CT molecular complexity index is 1650. The van der Waals surface area contributed by atoms with Gasteiger partial charge >= 0.3 is 280 Å². The van der Waals surface area contributed by atoms with Gasteiger partial charge < -0.3 is 0 Å². The molecule has 0 amide bonds. The Morgan fingerprint density at radius 1 is 0.568 bits per heavy atom. The normalized spacial score (nSPS) is 19.4. The SMILES string of the molecule is CCCCc1ccc(-c2cccc3c2C2=C(C)[CH]3[Zr][CH]3C(C)=C(c4c(-c5ccc(CCCC)cc5)cccc43)[Si]2(C)C)cc1. The molecule has 0 saturated carbocycles. The Morgan fingerprint density at radius 3 is 1.36 bits per heavy atom. The van der Waals surface area contributed by atoms with Crippen LogP contribution in [0.2, 0.25) is 13.1 Å². The second-order valence-electron chi connectivity index (χ2n) is 13.9. The first-order valence-corrected chi connectivity index (χ1v) is 22.8. The van der Waals surface area contributed by atoms with Gasteiger partial charge in [-0.3, -0.25) is 0 Å². The van der Waals surface area contributed by atoms with Crippen LogP contribution < -0.4 is 0 Å². The molecule has 0 nitrogen and oxygen atoms in total. The van der Waals surface area contributed by atoms with Crippen LogP contribution in [0.3, 0.4) is 0 Å². The van der Waals surface area contributed by atoms with Crippen molar-refractivity contribution in [3.05, 3.63) is 129 Å². The molecule has 0 saturated heterocycles. The van der Waals surface area contributed by atoms with Gasteiger partial charge in [0, 0.05) is 0 Å². The van der Waals surface area contributed by atoms with E-state index in [0.717, 1.165) is 0 Å². The van der Waals surface area contributed by atoms with Crippen LogP contribution in [0.15, 0.2) is 96.1 Å². The van der Waals surface area contributed by atoms with E-state index in [2.05, 4.69) is 126 Å². The Morgan fingerprint density at radius 2 is 0.977 bits per heavy atom. The molecule has 4 aromatic rings. The van der Waals surface area contributed by atoms with Crippen LogP contribution in [0, 0.1) is 0 Å². The van der Waals surface area contributed by atoms with Gasteiger partial charge in [0.15, 0.2) is 0 Å². The number of allylic oxidation sites excluding steroid dienone is 2. The van der Waals surface area contributed by atoms with Gasteiger partial charge in [0.25, 0.3) is 0 Å². The summed E-state index contributed by atoms with van der Waals surface area (Å²) in [4.78, 5) is 0. The van der Waals surface area contributed by atoms with E-state index in [-0.39, 0.29) is 0 Å². The van der Waals surface area contributed by atoms with Crippen LogP contribution in [0.25, 0.3) is 32.6 Å². The van der Waals surface area contributed by atoms with E-state index in [1.165, 1.54) is 71.9 Å².